The molecule has 1 aliphatic rings. The highest BCUT2D eigenvalue weighted by molar-refractivity contribution is 7.89. The molecule has 96 valence electrons. The molecule has 0 saturated carbocycles. The molecule has 0 amide bonds. The van der Waals surface area contributed by atoms with Crippen LogP contribution in [0.25, 0.3) is 0 Å². The van der Waals surface area contributed by atoms with Crippen LogP contribution in [0.3, 0.4) is 0 Å². The van der Waals surface area contributed by atoms with Gasteiger partial charge in [0, 0.05) is 25.6 Å². The van der Waals surface area contributed by atoms with E-state index in [-0.39, 0.29) is 18.4 Å². The fraction of sp³-hybridized carbons (Fsp3) is 1.00. The van der Waals surface area contributed by atoms with Gasteiger partial charge in [-0.05, 0) is 25.7 Å². The number of rotatable bonds is 7. The third-order valence-corrected chi connectivity index (χ3v) is 5.04. The molecule has 0 spiro atoms. The molecule has 1 saturated heterocycles. The molecule has 0 bridgehead atoms. The molecule has 1 unspecified atom stereocenters. The molecular formula is C10H20ClNO3S. The van der Waals surface area contributed by atoms with Gasteiger partial charge in [0.1, 0.15) is 0 Å². The van der Waals surface area contributed by atoms with E-state index in [1.54, 1.807) is 4.31 Å². The zero-order valence-electron chi connectivity index (χ0n) is 9.69. The maximum atomic E-state index is 12.0. The smallest absolute Gasteiger partial charge is 0.216 e. The highest BCUT2D eigenvalue weighted by Gasteiger charge is 2.33. The van der Waals surface area contributed by atoms with Crippen molar-refractivity contribution < 1.29 is 13.2 Å². The Labute approximate surface area is 103 Å². The molecule has 0 aromatic rings. The lowest BCUT2D eigenvalue weighted by molar-refractivity contribution is 0.215. The summed E-state index contributed by atoms with van der Waals surface area (Å²) < 4.78 is 30.4. The van der Waals surface area contributed by atoms with Crippen LogP contribution >= 0.6 is 11.6 Å². The Morgan fingerprint density at radius 3 is 2.88 bits per heavy atom. The van der Waals surface area contributed by atoms with Crippen molar-refractivity contribution in [2.75, 3.05) is 31.9 Å². The van der Waals surface area contributed by atoms with Crippen LogP contribution in [0.5, 0.6) is 0 Å². The van der Waals surface area contributed by atoms with Crippen molar-refractivity contribution in [3.05, 3.63) is 0 Å². The SMILES string of the molecule is COCCS(=O)(=O)N1CCCC1CCCCl. The van der Waals surface area contributed by atoms with E-state index in [1.807, 2.05) is 0 Å². The van der Waals surface area contributed by atoms with E-state index in [2.05, 4.69) is 0 Å². The van der Waals surface area contributed by atoms with E-state index in [0.717, 1.165) is 25.7 Å². The average Bonchev–Trinajstić information content (AvgIpc) is 2.72. The number of hydrogen-bond donors (Lipinski definition) is 0. The second-order valence-corrected chi connectivity index (χ2v) is 6.47. The zero-order valence-corrected chi connectivity index (χ0v) is 11.3. The van der Waals surface area contributed by atoms with Gasteiger partial charge in [0.25, 0.3) is 0 Å². The molecule has 1 aliphatic heterocycles. The van der Waals surface area contributed by atoms with Crippen LogP contribution in [-0.2, 0) is 14.8 Å². The van der Waals surface area contributed by atoms with E-state index < -0.39 is 10.0 Å². The van der Waals surface area contributed by atoms with E-state index in [0.29, 0.717) is 12.4 Å². The number of alkyl halides is 1. The van der Waals surface area contributed by atoms with Crippen LogP contribution in [0.15, 0.2) is 0 Å². The van der Waals surface area contributed by atoms with Gasteiger partial charge < -0.3 is 4.74 Å². The largest absolute Gasteiger partial charge is 0.384 e. The number of methoxy groups -OCH3 is 1. The second kappa shape index (κ2) is 6.79. The summed E-state index contributed by atoms with van der Waals surface area (Å²) in [4.78, 5) is 0. The van der Waals surface area contributed by atoms with E-state index in [9.17, 15) is 8.42 Å². The number of halogens is 1. The molecule has 1 fully saturated rings. The minimum atomic E-state index is -3.14. The zero-order chi connectivity index (χ0) is 12.0. The molecule has 0 N–H and O–H groups in total. The quantitative estimate of drug-likeness (QED) is 0.657. The monoisotopic (exact) mass is 269 g/mol. The third kappa shape index (κ3) is 3.87. The number of hydrogen-bond acceptors (Lipinski definition) is 3. The molecule has 4 nitrogen and oxygen atoms in total. The summed E-state index contributed by atoms with van der Waals surface area (Å²) in [6.45, 7) is 0.917. The molecule has 0 aromatic heterocycles. The maximum Gasteiger partial charge on any atom is 0.216 e. The predicted molar refractivity (Wildman–Crippen MR) is 65.3 cm³/mol. The summed E-state index contributed by atoms with van der Waals surface area (Å²) in [5.74, 6) is 0.684. The van der Waals surface area contributed by atoms with Gasteiger partial charge in [-0.3, -0.25) is 0 Å². The highest BCUT2D eigenvalue weighted by atomic mass is 35.5. The van der Waals surface area contributed by atoms with Gasteiger partial charge in [0.05, 0.1) is 12.4 Å². The normalized spacial score (nSPS) is 22.8. The summed E-state index contributed by atoms with van der Waals surface area (Å²) in [6.07, 6.45) is 3.67. The van der Waals surface area contributed by atoms with Crippen LogP contribution in [-0.4, -0.2) is 50.7 Å². The van der Waals surface area contributed by atoms with E-state index >= 15 is 0 Å². The molecule has 1 rings (SSSR count). The van der Waals surface area contributed by atoms with Crippen molar-refractivity contribution >= 4 is 21.6 Å². The molecule has 16 heavy (non-hydrogen) atoms. The molecule has 1 heterocycles. The molecular weight excluding hydrogens is 250 g/mol. The van der Waals surface area contributed by atoms with Crippen molar-refractivity contribution in [2.24, 2.45) is 0 Å². The van der Waals surface area contributed by atoms with Crippen LogP contribution in [0.2, 0.25) is 0 Å². The van der Waals surface area contributed by atoms with Crippen LogP contribution < -0.4 is 0 Å². The van der Waals surface area contributed by atoms with Gasteiger partial charge in [0.2, 0.25) is 10.0 Å². The van der Waals surface area contributed by atoms with Crippen molar-refractivity contribution in [1.82, 2.24) is 4.31 Å². The lowest BCUT2D eigenvalue weighted by Crippen LogP contribution is -2.38. The Kier molecular flexibility index (Phi) is 6.03. The van der Waals surface area contributed by atoms with Crippen LogP contribution in [0.4, 0.5) is 0 Å². The van der Waals surface area contributed by atoms with E-state index in [1.165, 1.54) is 7.11 Å². The first-order chi connectivity index (χ1) is 7.61. The number of nitrogens with zero attached hydrogens (tertiary/aromatic N) is 1. The average molecular weight is 270 g/mol. The van der Waals surface area contributed by atoms with Crippen LogP contribution in [0.1, 0.15) is 25.7 Å². The van der Waals surface area contributed by atoms with Crippen molar-refractivity contribution in [3.8, 4) is 0 Å². The standard InChI is InChI=1S/C10H20ClNO3S/c1-15-8-9-16(13,14)12-7-3-5-10(12)4-2-6-11/h10H,2-9H2,1H3. The molecule has 0 aromatic carbocycles. The first kappa shape index (κ1) is 14.2. The van der Waals surface area contributed by atoms with Crippen molar-refractivity contribution in [3.63, 3.8) is 0 Å². The number of ether oxygens (including phenoxy) is 1. The lowest BCUT2D eigenvalue weighted by atomic mass is 10.1. The Balaban J connectivity index is 2.55. The van der Waals surface area contributed by atoms with Gasteiger partial charge >= 0.3 is 0 Å². The Hall–Kier alpha value is 0.160. The summed E-state index contributed by atoms with van der Waals surface area (Å²) in [6, 6.07) is 0.153. The lowest BCUT2D eigenvalue weighted by Gasteiger charge is -2.23. The summed E-state index contributed by atoms with van der Waals surface area (Å²) in [7, 11) is -1.62. The molecule has 0 aliphatic carbocycles. The van der Waals surface area contributed by atoms with E-state index in [4.69, 9.17) is 16.3 Å². The fourth-order valence-corrected chi connectivity index (χ4v) is 3.92. The maximum absolute atomic E-state index is 12.0. The van der Waals surface area contributed by atoms with Crippen molar-refractivity contribution in [2.45, 2.75) is 31.7 Å². The number of sulfonamides is 1. The van der Waals surface area contributed by atoms with Gasteiger partial charge in [-0.15, -0.1) is 11.6 Å². The summed E-state index contributed by atoms with van der Waals surface area (Å²) >= 11 is 5.64. The predicted octanol–water partition coefficient (Wildman–Crippen LogP) is 1.45. The second-order valence-electron chi connectivity index (χ2n) is 4.05. The molecule has 0 radical (unpaired) electrons. The van der Waals surface area contributed by atoms with Gasteiger partial charge in [-0.2, -0.15) is 4.31 Å². The highest BCUT2D eigenvalue weighted by Crippen LogP contribution is 2.24. The Bertz CT molecular complexity index is 294. The topological polar surface area (TPSA) is 46.6 Å². The first-order valence-electron chi connectivity index (χ1n) is 5.66. The van der Waals surface area contributed by atoms with Crippen molar-refractivity contribution in [1.29, 1.82) is 0 Å². The van der Waals surface area contributed by atoms with Crippen LogP contribution in [0, 0.1) is 0 Å². The Morgan fingerprint density at radius 2 is 2.25 bits per heavy atom. The van der Waals surface area contributed by atoms with Gasteiger partial charge in [-0.25, -0.2) is 8.42 Å². The van der Waals surface area contributed by atoms with Gasteiger partial charge in [-0.1, -0.05) is 0 Å². The Morgan fingerprint density at radius 1 is 1.50 bits per heavy atom. The summed E-state index contributed by atoms with van der Waals surface area (Å²) in [5.41, 5.74) is 0. The summed E-state index contributed by atoms with van der Waals surface area (Å²) in [5, 5.41) is 0. The first-order valence-corrected chi connectivity index (χ1v) is 7.80. The molecule has 1 atom stereocenters. The fourth-order valence-electron chi connectivity index (χ4n) is 2.08. The minimum Gasteiger partial charge on any atom is -0.384 e. The minimum absolute atomic E-state index is 0.0842. The third-order valence-electron chi connectivity index (χ3n) is 2.90. The molecule has 6 heteroatoms. The van der Waals surface area contributed by atoms with Gasteiger partial charge in [0.15, 0.2) is 0 Å².